The molecule has 0 atom stereocenters. The fraction of sp³-hybridized carbons (Fsp3) is 0.0476. The third-order valence-corrected chi connectivity index (χ3v) is 4.90. The predicted molar refractivity (Wildman–Crippen MR) is 105 cm³/mol. The lowest BCUT2D eigenvalue weighted by atomic mass is 10.0. The lowest BCUT2D eigenvalue weighted by Crippen LogP contribution is -2.04. The summed E-state index contributed by atoms with van der Waals surface area (Å²) in [6.07, 6.45) is 0. The molecule has 2 aromatic carbocycles. The number of thioether (sulfide) groups is 1. The van der Waals surface area contributed by atoms with E-state index in [0.29, 0.717) is 10.6 Å². The molecule has 0 amide bonds. The zero-order valence-electron chi connectivity index (χ0n) is 14.2. The lowest BCUT2D eigenvalue weighted by molar-refractivity contribution is 0.102. The molecule has 0 fully saturated rings. The van der Waals surface area contributed by atoms with Crippen LogP contribution in [0.3, 0.4) is 0 Å². The fourth-order valence-electron chi connectivity index (χ4n) is 2.49. The Morgan fingerprint density at radius 2 is 1.59 bits per heavy atom. The number of rotatable bonds is 5. The molecule has 0 unspecified atom stereocenters. The van der Waals surface area contributed by atoms with Gasteiger partial charge in [0.2, 0.25) is 0 Å². The largest absolute Gasteiger partial charge is 0.383 e. The van der Waals surface area contributed by atoms with Gasteiger partial charge in [-0.05, 0) is 17.2 Å². The number of anilines is 1. The normalized spacial score (nSPS) is 10.0. The number of hydrogen-bond donors (Lipinski definition) is 1. The molecule has 0 saturated carbocycles. The summed E-state index contributed by atoms with van der Waals surface area (Å²) < 4.78 is 0. The number of carbonyl (C=O) groups excluding carboxylic acids is 1. The number of hydrogen-bond acceptors (Lipinski definition) is 6. The third-order valence-electron chi connectivity index (χ3n) is 3.91. The topological polar surface area (TPSA) is 104 Å². The average Bonchev–Trinajstić information content (AvgIpc) is 2.72. The van der Waals surface area contributed by atoms with Gasteiger partial charge in [0.15, 0.2) is 5.78 Å². The highest BCUT2D eigenvalue weighted by atomic mass is 32.2. The Balaban J connectivity index is 1.73. The molecule has 0 aliphatic carbocycles. The first kappa shape index (κ1) is 18.2. The van der Waals surface area contributed by atoms with Crippen molar-refractivity contribution in [3.8, 4) is 23.3 Å². The van der Waals surface area contributed by atoms with Crippen molar-refractivity contribution >= 4 is 23.4 Å². The Bertz CT molecular complexity index is 1060. The fourth-order valence-corrected chi connectivity index (χ4v) is 3.34. The second-order valence-corrected chi connectivity index (χ2v) is 6.62. The average molecular weight is 370 g/mol. The minimum atomic E-state index is -0.0757. The smallest absolute Gasteiger partial charge is 0.173 e. The van der Waals surface area contributed by atoms with Crippen LogP contribution in [0, 0.1) is 22.7 Å². The van der Waals surface area contributed by atoms with Gasteiger partial charge in [-0.25, -0.2) is 4.98 Å². The molecule has 6 heteroatoms. The number of carbonyl (C=O) groups is 1. The molecule has 0 aliphatic heterocycles. The van der Waals surface area contributed by atoms with Crippen molar-refractivity contribution in [1.82, 2.24) is 4.98 Å². The maximum Gasteiger partial charge on any atom is 0.173 e. The zero-order chi connectivity index (χ0) is 19.2. The van der Waals surface area contributed by atoms with E-state index in [-0.39, 0.29) is 28.5 Å². The van der Waals surface area contributed by atoms with Gasteiger partial charge in [-0.15, -0.1) is 0 Å². The standard InChI is InChI=1S/C21H14N4OS/c22-11-17-10-18(12-23)21(25-20(17)24)27-13-19(26)16-8-6-15(7-9-16)14-4-2-1-3-5-14/h1-10H,13H2,(H2,24,25). The minimum absolute atomic E-state index is 0.0543. The molecular formula is C21H14N4OS. The van der Waals surface area contributed by atoms with Crippen molar-refractivity contribution in [3.63, 3.8) is 0 Å². The maximum atomic E-state index is 12.5. The van der Waals surface area contributed by atoms with Gasteiger partial charge in [-0.1, -0.05) is 66.4 Å². The molecule has 0 radical (unpaired) electrons. The van der Waals surface area contributed by atoms with Gasteiger partial charge in [-0.2, -0.15) is 10.5 Å². The van der Waals surface area contributed by atoms with Crippen LogP contribution in [0.5, 0.6) is 0 Å². The first-order valence-corrected chi connectivity index (χ1v) is 9.03. The van der Waals surface area contributed by atoms with Gasteiger partial charge in [0, 0.05) is 5.56 Å². The summed E-state index contributed by atoms with van der Waals surface area (Å²) in [5.41, 5.74) is 8.80. The van der Waals surface area contributed by atoms with Gasteiger partial charge in [0.1, 0.15) is 23.0 Å². The summed E-state index contributed by atoms with van der Waals surface area (Å²) in [4.78, 5) is 16.5. The van der Waals surface area contributed by atoms with E-state index in [4.69, 9.17) is 11.0 Å². The van der Waals surface area contributed by atoms with Crippen LogP contribution in [0.25, 0.3) is 11.1 Å². The number of benzene rings is 2. The van der Waals surface area contributed by atoms with Crippen LogP contribution in [0.15, 0.2) is 65.7 Å². The van der Waals surface area contributed by atoms with Crippen molar-refractivity contribution in [2.45, 2.75) is 5.03 Å². The second-order valence-electron chi connectivity index (χ2n) is 5.65. The molecule has 0 saturated heterocycles. The number of pyridine rings is 1. The van der Waals surface area contributed by atoms with Crippen molar-refractivity contribution < 1.29 is 4.79 Å². The Hall–Kier alpha value is -3.61. The van der Waals surface area contributed by atoms with E-state index in [0.717, 1.165) is 22.9 Å². The first-order chi connectivity index (χ1) is 13.1. The summed E-state index contributed by atoms with van der Waals surface area (Å²) in [6.45, 7) is 0. The highest BCUT2D eigenvalue weighted by molar-refractivity contribution is 8.00. The van der Waals surface area contributed by atoms with Crippen LogP contribution < -0.4 is 5.73 Å². The molecule has 2 N–H and O–H groups in total. The van der Waals surface area contributed by atoms with Gasteiger partial charge in [0.25, 0.3) is 0 Å². The SMILES string of the molecule is N#Cc1cc(C#N)c(SCC(=O)c2ccc(-c3ccccc3)cc2)nc1N. The Labute approximate surface area is 161 Å². The van der Waals surface area contributed by atoms with E-state index < -0.39 is 0 Å². The number of nitrogen functional groups attached to an aromatic ring is 1. The summed E-state index contributed by atoms with van der Waals surface area (Å²) in [5, 5.41) is 18.5. The molecule has 3 rings (SSSR count). The van der Waals surface area contributed by atoms with Crippen molar-refractivity contribution in [2.75, 3.05) is 11.5 Å². The molecular weight excluding hydrogens is 356 g/mol. The molecule has 130 valence electrons. The van der Waals surface area contributed by atoms with E-state index >= 15 is 0 Å². The van der Waals surface area contributed by atoms with E-state index in [9.17, 15) is 10.1 Å². The number of nitrogens with two attached hydrogens (primary N) is 1. The number of ketones is 1. The molecule has 0 spiro atoms. The first-order valence-electron chi connectivity index (χ1n) is 8.04. The molecule has 5 nitrogen and oxygen atoms in total. The number of aromatic nitrogens is 1. The van der Waals surface area contributed by atoms with Gasteiger partial charge in [-0.3, -0.25) is 4.79 Å². The number of Topliss-reactive ketones (excluding diaryl/α,β-unsaturated/α-hetero) is 1. The Kier molecular flexibility index (Phi) is 5.51. The molecule has 0 bridgehead atoms. The minimum Gasteiger partial charge on any atom is -0.383 e. The van der Waals surface area contributed by atoms with Gasteiger partial charge < -0.3 is 5.73 Å². The van der Waals surface area contributed by atoms with E-state index in [1.807, 2.05) is 54.6 Å². The van der Waals surface area contributed by atoms with Gasteiger partial charge in [0.05, 0.1) is 16.9 Å². The van der Waals surface area contributed by atoms with Gasteiger partial charge >= 0.3 is 0 Å². The van der Waals surface area contributed by atoms with Crippen LogP contribution in [-0.4, -0.2) is 16.5 Å². The van der Waals surface area contributed by atoms with E-state index in [2.05, 4.69) is 4.98 Å². The lowest BCUT2D eigenvalue weighted by Gasteiger charge is -2.06. The highest BCUT2D eigenvalue weighted by Gasteiger charge is 2.13. The maximum absolute atomic E-state index is 12.5. The van der Waals surface area contributed by atoms with Crippen LogP contribution in [0.2, 0.25) is 0 Å². The number of nitriles is 2. The predicted octanol–water partition coefficient (Wildman–Crippen LogP) is 4.05. The quantitative estimate of drug-likeness (QED) is 0.537. The van der Waals surface area contributed by atoms with Crippen LogP contribution in [-0.2, 0) is 0 Å². The summed E-state index contributed by atoms with van der Waals surface area (Å²) in [6, 6.07) is 22.6. The molecule has 0 aliphatic rings. The van der Waals surface area contributed by atoms with Crippen LogP contribution in [0.1, 0.15) is 21.5 Å². The number of nitrogens with zero attached hydrogens (tertiary/aromatic N) is 3. The van der Waals surface area contributed by atoms with Crippen molar-refractivity contribution in [3.05, 3.63) is 77.4 Å². The van der Waals surface area contributed by atoms with Crippen molar-refractivity contribution in [2.24, 2.45) is 0 Å². The molecule has 3 aromatic rings. The zero-order valence-corrected chi connectivity index (χ0v) is 15.0. The van der Waals surface area contributed by atoms with Crippen LogP contribution >= 0.6 is 11.8 Å². The summed E-state index contributed by atoms with van der Waals surface area (Å²) in [5.74, 6) is 0.101. The molecule has 1 heterocycles. The molecule has 27 heavy (non-hydrogen) atoms. The third kappa shape index (κ3) is 4.14. The Morgan fingerprint density at radius 3 is 2.22 bits per heavy atom. The van der Waals surface area contributed by atoms with E-state index in [1.54, 1.807) is 12.1 Å². The highest BCUT2D eigenvalue weighted by Crippen LogP contribution is 2.25. The summed E-state index contributed by atoms with van der Waals surface area (Å²) >= 11 is 1.14. The van der Waals surface area contributed by atoms with Crippen molar-refractivity contribution in [1.29, 1.82) is 10.5 Å². The summed E-state index contributed by atoms with van der Waals surface area (Å²) in [7, 11) is 0. The van der Waals surface area contributed by atoms with Crippen LogP contribution in [0.4, 0.5) is 5.82 Å². The second kappa shape index (κ2) is 8.18. The van der Waals surface area contributed by atoms with E-state index in [1.165, 1.54) is 6.07 Å². The monoisotopic (exact) mass is 370 g/mol. The Morgan fingerprint density at radius 1 is 0.963 bits per heavy atom. The molecule has 1 aromatic heterocycles.